The van der Waals surface area contributed by atoms with Gasteiger partial charge in [0.1, 0.15) is 6.10 Å². The molecule has 0 aliphatic heterocycles. The largest absolute Gasteiger partial charge is 0.457 e. The number of hydrogen-bond donors (Lipinski definition) is 0. The summed E-state index contributed by atoms with van der Waals surface area (Å²) in [6.07, 6.45) is 7.26. The van der Waals surface area contributed by atoms with Crippen molar-refractivity contribution in [2.45, 2.75) is 25.4 Å². The zero-order chi connectivity index (χ0) is 13.1. The number of ether oxygens (including phenoxy) is 1. The number of hydrogen-bond acceptors (Lipinski definition) is 2. The van der Waals surface area contributed by atoms with Gasteiger partial charge < -0.3 is 4.74 Å². The lowest BCUT2D eigenvalue weighted by Crippen LogP contribution is -2.20. The second-order valence-corrected chi connectivity index (χ2v) is 4.70. The lowest BCUT2D eigenvalue weighted by atomic mass is 10.1. The molecule has 0 unspecified atom stereocenters. The minimum atomic E-state index is -0.751. The average molecular weight is 267 g/mol. The second-order valence-electron chi connectivity index (χ2n) is 4.29. The molecule has 1 aliphatic carbocycles. The third-order valence-electron chi connectivity index (χ3n) is 2.90. The number of rotatable bonds is 4. The molecule has 1 aromatic rings. The highest BCUT2D eigenvalue weighted by molar-refractivity contribution is 6.31. The standard InChI is InChI=1S/C14H12ClFO2/c1-2-4-12(9-7-8-9)18-14(17)10-5-3-6-11(15)13(10)16/h1,3,5-6,9,12H,4,7-8H2/t12-/m1/s1. The molecule has 2 rings (SSSR count). The highest BCUT2D eigenvalue weighted by Gasteiger charge is 2.34. The highest BCUT2D eigenvalue weighted by Crippen LogP contribution is 2.36. The maximum Gasteiger partial charge on any atom is 0.341 e. The molecule has 1 saturated carbocycles. The Morgan fingerprint density at radius 2 is 2.33 bits per heavy atom. The van der Waals surface area contributed by atoms with Crippen LogP contribution in [0.25, 0.3) is 0 Å². The van der Waals surface area contributed by atoms with E-state index in [1.54, 1.807) is 0 Å². The molecule has 0 saturated heterocycles. The molecule has 0 spiro atoms. The molecule has 0 N–H and O–H groups in total. The van der Waals surface area contributed by atoms with Gasteiger partial charge in [0.15, 0.2) is 5.82 Å². The van der Waals surface area contributed by atoms with Crippen molar-refractivity contribution in [1.29, 1.82) is 0 Å². The fourth-order valence-electron chi connectivity index (χ4n) is 1.75. The second kappa shape index (κ2) is 5.41. The summed E-state index contributed by atoms with van der Waals surface area (Å²) in [5.41, 5.74) is -0.148. The SMILES string of the molecule is C#CC[C@@H](OC(=O)c1cccc(Cl)c1F)C1CC1. The van der Waals surface area contributed by atoms with Gasteiger partial charge in [0.25, 0.3) is 0 Å². The van der Waals surface area contributed by atoms with Crippen LogP contribution in [0.1, 0.15) is 29.6 Å². The van der Waals surface area contributed by atoms with Gasteiger partial charge in [-0.1, -0.05) is 17.7 Å². The van der Waals surface area contributed by atoms with E-state index in [4.69, 9.17) is 22.8 Å². The quantitative estimate of drug-likeness (QED) is 0.616. The van der Waals surface area contributed by atoms with Crippen LogP contribution in [0.3, 0.4) is 0 Å². The van der Waals surface area contributed by atoms with Gasteiger partial charge in [0.2, 0.25) is 0 Å². The smallest absolute Gasteiger partial charge is 0.341 e. The van der Waals surface area contributed by atoms with Gasteiger partial charge >= 0.3 is 5.97 Å². The number of halogens is 2. The lowest BCUT2D eigenvalue weighted by Gasteiger charge is -2.15. The number of benzene rings is 1. The summed E-state index contributed by atoms with van der Waals surface area (Å²) < 4.78 is 18.9. The van der Waals surface area contributed by atoms with Crippen molar-refractivity contribution in [3.8, 4) is 12.3 Å². The van der Waals surface area contributed by atoms with Gasteiger partial charge in [-0.15, -0.1) is 12.3 Å². The number of carbonyl (C=O) groups is 1. The average Bonchev–Trinajstić information content (AvgIpc) is 3.16. The van der Waals surface area contributed by atoms with Crippen LogP contribution in [0.4, 0.5) is 4.39 Å². The van der Waals surface area contributed by atoms with Crippen molar-refractivity contribution in [1.82, 2.24) is 0 Å². The van der Waals surface area contributed by atoms with Crippen LogP contribution in [0.2, 0.25) is 5.02 Å². The predicted molar refractivity (Wildman–Crippen MR) is 66.8 cm³/mol. The zero-order valence-electron chi connectivity index (χ0n) is 9.66. The first kappa shape index (κ1) is 12.9. The van der Waals surface area contributed by atoms with E-state index in [0.717, 1.165) is 12.8 Å². The zero-order valence-corrected chi connectivity index (χ0v) is 10.4. The molecule has 94 valence electrons. The summed E-state index contributed by atoms with van der Waals surface area (Å²) in [6.45, 7) is 0. The van der Waals surface area contributed by atoms with E-state index in [1.807, 2.05) is 0 Å². The van der Waals surface area contributed by atoms with Gasteiger partial charge in [0, 0.05) is 6.42 Å². The van der Waals surface area contributed by atoms with Gasteiger partial charge in [-0.2, -0.15) is 0 Å². The van der Waals surface area contributed by atoms with Crippen LogP contribution >= 0.6 is 11.6 Å². The topological polar surface area (TPSA) is 26.3 Å². The normalized spacial score (nSPS) is 15.8. The number of carbonyl (C=O) groups excluding carboxylic acids is 1. The first-order chi connectivity index (χ1) is 8.63. The van der Waals surface area contributed by atoms with Crippen LogP contribution in [0.15, 0.2) is 18.2 Å². The highest BCUT2D eigenvalue weighted by atomic mass is 35.5. The number of terminal acetylenes is 1. The summed E-state index contributed by atoms with van der Waals surface area (Å²) in [7, 11) is 0. The van der Waals surface area contributed by atoms with Crippen molar-refractivity contribution in [2.24, 2.45) is 5.92 Å². The minimum Gasteiger partial charge on any atom is -0.457 e. The van der Waals surface area contributed by atoms with Gasteiger partial charge in [-0.3, -0.25) is 0 Å². The molecule has 18 heavy (non-hydrogen) atoms. The van der Waals surface area contributed by atoms with E-state index in [0.29, 0.717) is 12.3 Å². The molecule has 0 aromatic heterocycles. The maximum atomic E-state index is 13.6. The monoisotopic (exact) mass is 266 g/mol. The molecule has 0 bridgehead atoms. The molecule has 1 aliphatic rings. The van der Waals surface area contributed by atoms with E-state index in [9.17, 15) is 9.18 Å². The summed E-state index contributed by atoms with van der Waals surface area (Å²) in [4.78, 5) is 11.8. The van der Waals surface area contributed by atoms with Crippen LogP contribution in [0, 0.1) is 24.1 Å². The summed E-state index contributed by atoms with van der Waals surface area (Å²) in [6, 6.07) is 4.24. The van der Waals surface area contributed by atoms with Crippen LogP contribution in [-0.4, -0.2) is 12.1 Å². The van der Waals surface area contributed by atoms with Crippen molar-refractivity contribution in [3.63, 3.8) is 0 Å². The number of esters is 1. The predicted octanol–water partition coefficient (Wildman–Crippen LogP) is 3.44. The Hall–Kier alpha value is -1.53. The lowest BCUT2D eigenvalue weighted by molar-refractivity contribution is 0.0256. The molecule has 0 amide bonds. The summed E-state index contributed by atoms with van der Waals surface area (Å²) in [5.74, 6) is 1.33. The molecule has 1 aromatic carbocycles. The Kier molecular flexibility index (Phi) is 3.88. The maximum absolute atomic E-state index is 13.6. The van der Waals surface area contributed by atoms with Crippen molar-refractivity contribution in [2.75, 3.05) is 0 Å². The Labute approximate surface area is 110 Å². The molecule has 0 radical (unpaired) electrons. The third kappa shape index (κ3) is 2.83. The molecule has 2 nitrogen and oxygen atoms in total. The Bertz CT molecular complexity index is 503. The van der Waals surface area contributed by atoms with Crippen LogP contribution < -0.4 is 0 Å². The van der Waals surface area contributed by atoms with E-state index in [2.05, 4.69) is 5.92 Å². The fraction of sp³-hybridized carbons (Fsp3) is 0.357. The van der Waals surface area contributed by atoms with Crippen LogP contribution in [0.5, 0.6) is 0 Å². The van der Waals surface area contributed by atoms with Gasteiger partial charge in [-0.25, -0.2) is 9.18 Å². The first-order valence-corrected chi connectivity index (χ1v) is 6.09. The Morgan fingerprint density at radius 1 is 1.61 bits per heavy atom. The molecule has 1 fully saturated rings. The minimum absolute atomic E-state index is 0.0932. The summed E-state index contributed by atoms with van der Waals surface area (Å²) in [5, 5.41) is -0.0932. The van der Waals surface area contributed by atoms with E-state index >= 15 is 0 Å². The van der Waals surface area contributed by atoms with Crippen molar-refractivity contribution >= 4 is 17.6 Å². The van der Waals surface area contributed by atoms with Crippen LogP contribution in [-0.2, 0) is 4.74 Å². The van der Waals surface area contributed by atoms with Crippen molar-refractivity contribution < 1.29 is 13.9 Å². The Balaban J connectivity index is 2.11. The van der Waals surface area contributed by atoms with Gasteiger partial charge in [0.05, 0.1) is 10.6 Å². The van der Waals surface area contributed by atoms with E-state index in [1.165, 1.54) is 18.2 Å². The first-order valence-electron chi connectivity index (χ1n) is 5.72. The molecular formula is C14H12ClFO2. The Morgan fingerprint density at radius 3 is 2.94 bits per heavy atom. The van der Waals surface area contributed by atoms with Crippen molar-refractivity contribution in [3.05, 3.63) is 34.6 Å². The molecular weight excluding hydrogens is 255 g/mol. The molecule has 1 atom stereocenters. The summed E-state index contributed by atoms with van der Waals surface area (Å²) >= 11 is 5.62. The molecule has 4 heteroatoms. The van der Waals surface area contributed by atoms with Gasteiger partial charge in [-0.05, 0) is 30.9 Å². The van der Waals surface area contributed by atoms with E-state index < -0.39 is 11.8 Å². The molecule has 0 heterocycles. The fourth-order valence-corrected chi connectivity index (χ4v) is 1.93. The third-order valence-corrected chi connectivity index (χ3v) is 3.19. The van der Waals surface area contributed by atoms with E-state index in [-0.39, 0.29) is 16.7 Å².